The maximum atomic E-state index is 5.99. The molecule has 0 aliphatic heterocycles. The van der Waals surface area contributed by atoms with Gasteiger partial charge in [0, 0.05) is 11.1 Å². The second kappa shape index (κ2) is 5.08. The van der Waals surface area contributed by atoms with Crippen molar-refractivity contribution in [1.29, 1.82) is 0 Å². The number of hydrogen-bond donors (Lipinski definition) is 2. The average Bonchev–Trinajstić information content (AvgIpc) is 2.68. The number of aromatic nitrogens is 2. The van der Waals surface area contributed by atoms with Crippen molar-refractivity contribution >= 4 is 46.2 Å². The smallest absolute Gasteiger partial charge is 0.147 e. The number of nitrogens with zero attached hydrogens (tertiary/aromatic N) is 2. The first-order chi connectivity index (χ1) is 8.06. The molecule has 0 aliphatic rings. The van der Waals surface area contributed by atoms with E-state index in [9.17, 15) is 0 Å². The first-order valence-corrected chi connectivity index (χ1v) is 6.46. The molecule has 0 aromatic carbocycles. The highest BCUT2D eigenvalue weighted by atomic mass is 35.5. The zero-order valence-electron chi connectivity index (χ0n) is 9.00. The number of nitrogens with one attached hydrogen (secondary N) is 1. The number of pyridine rings is 1. The van der Waals surface area contributed by atoms with Crippen LogP contribution in [-0.4, -0.2) is 9.97 Å². The minimum Gasteiger partial charge on any atom is -0.382 e. The van der Waals surface area contributed by atoms with E-state index in [1.807, 2.05) is 12.3 Å². The SMILES string of the molecule is Cc1csc(CNc2nc(N)c(Cl)cc2Cl)n1. The largest absolute Gasteiger partial charge is 0.382 e. The second-order valence-electron chi connectivity index (χ2n) is 3.42. The Morgan fingerprint density at radius 1 is 1.35 bits per heavy atom. The lowest BCUT2D eigenvalue weighted by atomic mass is 10.4. The van der Waals surface area contributed by atoms with Crippen LogP contribution in [0.4, 0.5) is 11.6 Å². The van der Waals surface area contributed by atoms with E-state index in [0.717, 1.165) is 10.7 Å². The summed E-state index contributed by atoms with van der Waals surface area (Å²) in [5, 5.41) is 6.83. The number of nitrogen functional groups attached to an aromatic ring is 1. The number of anilines is 2. The quantitative estimate of drug-likeness (QED) is 0.909. The van der Waals surface area contributed by atoms with Crippen LogP contribution in [0.15, 0.2) is 11.4 Å². The van der Waals surface area contributed by atoms with Gasteiger partial charge < -0.3 is 11.1 Å². The van der Waals surface area contributed by atoms with Crippen LogP contribution in [0.1, 0.15) is 10.7 Å². The summed E-state index contributed by atoms with van der Waals surface area (Å²) >= 11 is 13.4. The Labute approximate surface area is 113 Å². The minimum atomic E-state index is 0.258. The van der Waals surface area contributed by atoms with Crippen molar-refractivity contribution in [3.63, 3.8) is 0 Å². The fourth-order valence-corrected chi connectivity index (χ4v) is 2.38. The molecule has 0 saturated carbocycles. The Morgan fingerprint density at radius 2 is 2.12 bits per heavy atom. The molecular formula is C10H10Cl2N4S. The van der Waals surface area contributed by atoms with Crippen LogP contribution >= 0.6 is 34.5 Å². The molecule has 0 saturated heterocycles. The summed E-state index contributed by atoms with van der Waals surface area (Å²) in [5.41, 5.74) is 6.61. The summed E-state index contributed by atoms with van der Waals surface area (Å²) in [6, 6.07) is 1.57. The van der Waals surface area contributed by atoms with Gasteiger partial charge in [0.25, 0.3) is 0 Å². The summed E-state index contributed by atoms with van der Waals surface area (Å²) in [4.78, 5) is 8.40. The molecule has 2 aromatic heterocycles. The standard InChI is InChI=1S/C10H10Cl2N4S/c1-5-4-17-8(15-5)3-14-10-7(12)2-6(11)9(13)16-10/h2,4H,3H2,1H3,(H3,13,14,16). The first kappa shape index (κ1) is 12.4. The van der Waals surface area contributed by atoms with Crippen molar-refractivity contribution in [2.45, 2.75) is 13.5 Å². The van der Waals surface area contributed by atoms with Crippen molar-refractivity contribution in [3.05, 3.63) is 32.2 Å². The Morgan fingerprint density at radius 3 is 2.76 bits per heavy atom. The van der Waals surface area contributed by atoms with E-state index in [2.05, 4.69) is 15.3 Å². The summed E-state index contributed by atoms with van der Waals surface area (Å²) in [5.74, 6) is 0.773. The Hall–Kier alpha value is -1.04. The molecule has 0 spiro atoms. The number of halogens is 2. The summed E-state index contributed by atoms with van der Waals surface area (Å²) < 4.78 is 0. The van der Waals surface area contributed by atoms with E-state index in [1.54, 1.807) is 17.4 Å². The van der Waals surface area contributed by atoms with Crippen molar-refractivity contribution < 1.29 is 0 Å². The topological polar surface area (TPSA) is 63.8 Å². The lowest BCUT2D eigenvalue weighted by Crippen LogP contribution is -2.04. The van der Waals surface area contributed by atoms with Crippen LogP contribution in [0, 0.1) is 6.92 Å². The summed E-state index contributed by atoms with van der Waals surface area (Å²) in [6.45, 7) is 2.51. The Bertz CT molecular complexity index is 541. The number of rotatable bonds is 3. The van der Waals surface area contributed by atoms with Gasteiger partial charge in [-0.2, -0.15) is 0 Å². The average molecular weight is 289 g/mol. The highest BCUT2D eigenvalue weighted by molar-refractivity contribution is 7.09. The molecule has 2 heterocycles. The van der Waals surface area contributed by atoms with Gasteiger partial charge in [0.05, 0.1) is 16.6 Å². The van der Waals surface area contributed by atoms with E-state index in [0.29, 0.717) is 22.4 Å². The van der Waals surface area contributed by atoms with Gasteiger partial charge in [0.2, 0.25) is 0 Å². The minimum absolute atomic E-state index is 0.258. The van der Waals surface area contributed by atoms with Crippen molar-refractivity contribution in [2.24, 2.45) is 0 Å². The van der Waals surface area contributed by atoms with E-state index in [-0.39, 0.29) is 5.82 Å². The molecule has 17 heavy (non-hydrogen) atoms. The first-order valence-electron chi connectivity index (χ1n) is 4.82. The van der Waals surface area contributed by atoms with Gasteiger partial charge in [-0.15, -0.1) is 11.3 Å². The highest BCUT2D eigenvalue weighted by Gasteiger charge is 2.07. The molecule has 0 aliphatic carbocycles. The van der Waals surface area contributed by atoms with Gasteiger partial charge in [0.15, 0.2) is 0 Å². The van der Waals surface area contributed by atoms with Crippen molar-refractivity contribution in [1.82, 2.24) is 9.97 Å². The summed E-state index contributed by atoms with van der Waals surface area (Å²) in [6.07, 6.45) is 0. The van der Waals surface area contributed by atoms with Gasteiger partial charge in [-0.1, -0.05) is 23.2 Å². The third-order valence-electron chi connectivity index (χ3n) is 2.03. The number of hydrogen-bond acceptors (Lipinski definition) is 5. The van der Waals surface area contributed by atoms with E-state index >= 15 is 0 Å². The Kier molecular flexibility index (Phi) is 3.71. The third-order valence-corrected chi connectivity index (χ3v) is 3.59. The number of aryl methyl sites for hydroxylation is 1. The molecule has 90 valence electrons. The summed E-state index contributed by atoms with van der Waals surface area (Å²) in [7, 11) is 0. The van der Waals surface area contributed by atoms with Gasteiger partial charge >= 0.3 is 0 Å². The van der Waals surface area contributed by atoms with E-state index in [4.69, 9.17) is 28.9 Å². The molecule has 0 amide bonds. The lowest BCUT2D eigenvalue weighted by molar-refractivity contribution is 1.06. The molecule has 2 rings (SSSR count). The fraction of sp³-hybridized carbons (Fsp3) is 0.200. The molecular weight excluding hydrogens is 279 g/mol. The normalized spacial score (nSPS) is 10.5. The van der Waals surface area contributed by atoms with Gasteiger partial charge in [-0.05, 0) is 13.0 Å². The maximum Gasteiger partial charge on any atom is 0.147 e. The predicted octanol–water partition coefficient (Wildman–Crippen LogP) is 3.35. The maximum absolute atomic E-state index is 5.99. The van der Waals surface area contributed by atoms with E-state index in [1.165, 1.54) is 0 Å². The molecule has 0 radical (unpaired) electrons. The van der Waals surface area contributed by atoms with Crippen molar-refractivity contribution in [2.75, 3.05) is 11.1 Å². The van der Waals surface area contributed by atoms with Crippen LogP contribution < -0.4 is 11.1 Å². The lowest BCUT2D eigenvalue weighted by Gasteiger charge is -2.07. The molecule has 4 nitrogen and oxygen atoms in total. The molecule has 0 unspecified atom stereocenters. The Balaban J connectivity index is 2.11. The second-order valence-corrected chi connectivity index (χ2v) is 5.18. The molecule has 7 heteroatoms. The zero-order valence-corrected chi connectivity index (χ0v) is 11.3. The number of thiazole rings is 1. The van der Waals surface area contributed by atoms with Crippen molar-refractivity contribution in [3.8, 4) is 0 Å². The zero-order chi connectivity index (χ0) is 12.4. The molecule has 2 aromatic rings. The van der Waals surface area contributed by atoms with Crippen LogP contribution in [0.25, 0.3) is 0 Å². The monoisotopic (exact) mass is 288 g/mol. The van der Waals surface area contributed by atoms with Crippen LogP contribution in [0.5, 0.6) is 0 Å². The predicted molar refractivity (Wildman–Crippen MR) is 72.8 cm³/mol. The molecule has 3 N–H and O–H groups in total. The van der Waals surface area contributed by atoms with E-state index < -0.39 is 0 Å². The molecule has 0 atom stereocenters. The molecule has 0 bridgehead atoms. The van der Waals surface area contributed by atoms with Crippen LogP contribution in [0.2, 0.25) is 10.0 Å². The van der Waals surface area contributed by atoms with Gasteiger partial charge in [-0.25, -0.2) is 9.97 Å². The van der Waals surface area contributed by atoms with Crippen LogP contribution in [0.3, 0.4) is 0 Å². The van der Waals surface area contributed by atoms with Gasteiger partial charge in [0.1, 0.15) is 16.6 Å². The molecule has 0 fully saturated rings. The van der Waals surface area contributed by atoms with Gasteiger partial charge in [-0.3, -0.25) is 0 Å². The van der Waals surface area contributed by atoms with Crippen LogP contribution in [-0.2, 0) is 6.54 Å². The fourth-order valence-electron chi connectivity index (χ4n) is 1.25. The highest BCUT2D eigenvalue weighted by Crippen LogP contribution is 2.27. The number of nitrogens with two attached hydrogens (primary N) is 1. The third kappa shape index (κ3) is 3.00.